The van der Waals surface area contributed by atoms with Gasteiger partial charge in [-0.1, -0.05) is 6.92 Å². The van der Waals surface area contributed by atoms with Gasteiger partial charge in [-0.3, -0.25) is 4.90 Å². The van der Waals surface area contributed by atoms with Crippen molar-refractivity contribution >= 4 is 0 Å². The molecule has 1 heterocycles. The first kappa shape index (κ1) is 12.0. The van der Waals surface area contributed by atoms with Gasteiger partial charge in [-0.15, -0.1) is 0 Å². The number of nitrogens with zero attached hydrogens (tertiary/aromatic N) is 2. The van der Waals surface area contributed by atoms with Gasteiger partial charge in [-0.05, 0) is 39.9 Å². The second-order valence-corrected chi connectivity index (χ2v) is 4.63. The van der Waals surface area contributed by atoms with Crippen LogP contribution in [0.25, 0.3) is 0 Å². The van der Waals surface area contributed by atoms with Crippen molar-refractivity contribution in [1.29, 1.82) is 0 Å². The zero-order chi connectivity index (χ0) is 10.6. The van der Waals surface area contributed by atoms with Gasteiger partial charge in [0.25, 0.3) is 0 Å². The minimum absolute atomic E-state index is 0.348. The number of hydrogen-bond acceptors (Lipinski definition) is 3. The Morgan fingerprint density at radius 3 is 2.79 bits per heavy atom. The lowest BCUT2D eigenvalue weighted by Gasteiger charge is -2.29. The Hall–Kier alpha value is -0.120. The standard InChI is InChI=1S/C11H25N3/c1-4-11(12)9-14-7-5-6-13(3)8-10(14)2/h10-11H,4-9,12H2,1-3H3/t10?,11-/m1/s1. The Labute approximate surface area is 88.2 Å². The third kappa shape index (κ3) is 3.56. The van der Waals surface area contributed by atoms with Crippen LogP contribution in [-0.2, 0) is 0 Å². The zero-order valence-corrected chi connectivity index (χ0v) is 9.87. The molecule has 14 heavy (non-hydrogen) atoms. The van der Waals surface area contributed by atoms with Gasteiger partial charge in [0.05, 0.1) is 0 Å². The Morgan fingerprint density at radius 2 is 2.14 bits per heavy atom. The van der Waals surface area contributed by atoms with Gasteiger partial charge in [-0.2, -0.15) is 0 Å². The van der Waals surface area contributed by atoms with Crippen LogP contribution in [0.4, 0.5) is 0 Å². The number of nitrogens with two attached hydrogens (primary N) is 1. The second-order valence-electron chi connectivity index (χ2n) is 4.63. The van der Waals surface area contributed by atoms with E-state index in [-0.39, 0.29) is 0 Å². The largest absolute Gasteiger partial charge is 0.327 e. The first-order valence-corrected chi connectivity index (χ1v) is 5.81. The van der Waals surface area contributed by atoms with Crippen molar-refractivity contribution in [3.05, 3.63) is 0 Å². The van der Waals surface area contributed by atoms with Crippen LogP contribution in [0, 0.1) is 0 Å². The topological polar surface area (TPSA) is 32.5 Å². The van der Waals surface area contributed by atoms with Crippen LogP contribution < -0.4 is 5.73 Å². The quantitative estimate of drug-likeness (QED) is 0.728. The summed E-state index contributed by atoms with van der Waals surface area (Å²) in [7, 11) is 2.21. The van der Waals surface area contributed by atoms with Crippen molar-refractivity contribution in [2.45, 2.75) is 38.8 Å². The molecule has 0 aromatic carbocycles. The maximum absolute atomic E-state index is 6.00. The molecule has 3 heteroatoms. The summed E-state index contributed by atoms with van der Waals surface area (Å²) in [6.07, 6.45) is 2.36. The lowest BCUT2D eigenvalue weighted by molar-refractivity contribution is 0.190. The average Bonchev–Trinajstić information content (AvgIpc) is 2.29. The minimum Gasteiger partial charge on any atom is -0.327 e. The SMILES string of the molecule is CC[C@@H](N)CN1CCCN(C)CC1C. The highest BCUT2D eigenvalue weighted by atomic mass is 15.2. The minimum atomic E-state index is 0.348. The lowest BCUT2D eigenvalue weighted by Crippen LogP contribution is -2.44. The van der Waals surface area contributed by atoms with Crippen LogP contribution in [0.1, 0.15) is 26.7 Å². The smallest absolute Gasteiger partial charge is 0.0195 e. The summed E-state index contributed by atoms with van der Waals surface area (Å²) >= 11 is 0. The molecular weight excluding hydrogens is 174 g/mol. The summed E-state index contributed by atoms with van der Waals surface area (Å²) in [5.74, 6) is 0. The van der Waals surface area contributed by atoms with E-state index in [0.29, 0.717) is 12.1 Å². The highest BCUT2D eigenvalue weighted by molar-refractivity contribution is 4.78. The van der Waals surface area contributed by atoms with Gasteiger partial charge in [-0.25, -0.2) is 0 Å². The average molecular weight is 199 g/mol. The molecule has 0 aromatic rings. The summed E-state index contributed by atoms with van der Waals surface area (Å²) in [5, 5.41) is 0. The highest BCUT2D eigenvalue weighted by Crippen LogP contribution is 2.09. The summed E-state index contributed by atoms with van der Waals surface area (Å²) in [6.45, 7) is 9.15. The molecule has 2 N–H and O–H groups in total. The molecule has 1 fully saturated rings. The van der Waals surface area contributed by atoms with Gasteiger partial charge in [0.2, 0.25) is 0 Å². The molecule has 1 aliphatic rings. The van der Waals surface area contributed by atoms with E-state index >= 15 is 0 Å². The Kier molecular flexibility index (Phi) is 4.85. The fourth-order valence-electron chi connectivity index (χ4n) is 2.12. The molecule has 0 aliphatic carbocycles. The predicted octanol–water partition coefficient (Wildman–Crippen LogP) is 0.750. The van der Waals surface area contributed by atoms with Gasteiger partial charge in [0.1, 0.15) is 0 Å². The van der Waals surface area contributed by atoms with Crippen LogP contribution in [0.2, 0.25) is 0 Å². The fourth-order valence-corrected chi connectivity index (χ4v) is 2.12. The molecule has 1 rings (SSSR count). The molecule has 0 aromatic heterocycles. The Bertz CT molecular complexity index is 161. The Morgan fingerprint density at radius 1 is 1.43 bits per heavy atom. The monoisotopic (exact) mass is 199 g/mol. The van der Waals surface area contributed by atoms with Crippen molar-refractivity contribution in [3.8, 4) is 0 Å². The molecular formula is C11H25N3. The predicted molar refractivity (Wildman–Crippen MR) is 61.4 cm³/mol. The van der Waals surface area contributed by atoms with E-state index in [1.165, 1.54) is 26.1 Å². The van der Waals surface area contributed by atoms with Crippen LogP contribution in [0.3, 0.4) is 0 Å². The van der Waals surface area contributed by atoms with Gasteiger partial charge in [0, 0.05) is 25.2 Å². The molecule has 1 aliphatic heterocycles. The van der Waals surface area contributed by atoms with Gasteiger partial charge >= 0.3 is 0 Å². The first-order valence-electron chi connectivity index (χ1n) is 5.81. The third-order valence-corrected chi connectivity index (χ3v) is 3.18. The molecule has 0 radical (unpaired) electrons. The molecule has 2 atom stereocenters. The van der Waals surface area contributed by atoms with E-state index < -0.39 is 0 Å². The van der Waals surface area contributed by atoms with Gasteiger partial charge < -0.3 is 10.6 Å². The number of rotatable bonds is 3. The summed E-state index contributed by atoms with van der Waals surface area (Å²) in [5.41, 5.74) is 6.00. The van der Waals surface area contributed by atoms with Crippen LogP contribution in [0.5, 0.6) is 0 Å². The molecule has 1 saturated heterocycles. The molecule has 3 nitrogen and oxygen atoms in total. The van der Waals surface area contributed by atoms with Crippen molar-refractivity contribution in [1.82, 2.24) is 9.80 Å². The van der Waals surface area contributed by atoms with E-state index in [2.05, 4.69) is 30.7 Å². The first-order chi connectivity index (χ1) is 6.63. The summed E-state index contributed by atoms with van der Waals surface area (Å²) in [6, 6.07) is 1.00. The lowest BCUT2D eigenvalue weighted by atomic mass is 10.2. The molecule has 0 saturated carbocycles. The van der Waals surface area contributed by atoms with E-state index in [9.17, 15) is 0 Å². The number of likely N-dealkylation sites (N-methyl/N-ethyl adjacent to an activating group) is 1. The molecule has 1 unspecified atom stereocenters. The molecule has 84 valence electrons. The van der Waals surface area contributed by atoms with Crippen LogP contribution in [-0.4, -0.2) is 55.1 Å². The van der Waals surface area contributed by atoms with Crippen molar-refractivity contribution in [3.63, 3.8) is 0 Å². The molecule has 0 amide bonds. The Balaban J connectivity index is 2.42. The third-order valence-electron chi connectivity index (χ3n) is 3.18. The van der Waals surface area contributed by atoms with Crippen LogP contribution >= 0.6 is 0 Å². The van der Waals surface area contributed by atoms with E-state index in [4.69, 9.17) is 5.73 Å². The summed E-state index contributed by atoms with van der Waals surface area (Å²) in [4.78, 5) is 4.96. The fraction of sp³-hybridized carbons (Fsp3) is 1.00. The molecule has 0 bridgehead atoms. The zero-order valence-electron chi connectivity index (χ0n) is 9.87. The van der Waals surface area contributed by atoms with E-state index in [0.717, 1.165) is 13.0 Å². The van der Waals surface area contributed by atoms with Gasteiger partial charge in [0.15, 0.2) is 0 Å². The van der Waals surface area contributed by atoms with Crippen LogP contribution in [0.15, 0.2) is 0 Å². The normalized spacial score (nSPS) is 28.7. The summed E-state index contributed by atoms with van der Waals surface area (Å²) < 4.78 is 0. The number of hydrogen-bond donors (Lipinski definition) is 1. The molecule has 0 spiro atoms. The van der Waals surface area contributed by atoms with E-state index in [1.807, 2.05) is 0 Å². The maximum atomic E-state index is 6.00. The second kappa shape index (κ2) is 5.69. The van der Waals surface area contributed by atoms with Crippen molar-refractivity contribution in [2.24, 2.45) is 5.73 Å². The highest BCUT2D eigenvalue weighted by Gasteiger charge is 2.20. The van der Waals surface area contributed by atoms with E-state index in [1.54, 1.807) is 0 Å². The van der Waals surface area contributed by atoms with Crippen molar-refractivity contribution in [2.75, 3.05) is 33.2 Å². The van der Waals surface area contributed by atoms with Crippen molar-refractivity contribution < 1.29 is 0 Å². The maximum Gasteiger partial charge on any atom is 0.0195 e.